The van der Waals surface area contributed by atoms with Crippen molar-refractivity contribution in [2.45, 2.75) is 77.6 Å². The monoisotopic (exact) mass is 480 g/mol. The highest BCUT2D eigenvalue weighted by Gasteiger charge is 2.26. The van der Waals surface area contributed by atoms with E-state index in [1.165, 1.54) is 24.8 Å². The zero-order valence-electron chi connectivity index (χ0n) is 21.4. The van der Waals surface area contributed by atoms with Gasteiger partial charge in [-0.15, -0.1) is 0 Å². The van der Waals surface area contributed by atoms with Crippen LogP contribution >= 0.6 is 0 Å². The Balaban J connectivity index is 1.52. The molecule has 4 heteroatoms. The molecule has 1 aliphatic carbocycles. The number of aliphatic hydroxyl groups excluding tert-OH is 1. The van der Waals surface area contributed by atoms with Crippen LogP contribution in [0.15, 0.2) is 54.6 Å². The van der Waals surface area contributed by atoms with E-state index in [9.17, 15) is 9.90 Å². The Morgan fingerprint density at radius 3 is 2.43 bits per heavy atom. The number of carbonyl (C=O) groups is 1. The number of hydrogen-bond donors (Lipinski definition) is 1. The van der Waals surface area contributed by atoms with Gasteiger partial charge >= 0.3 is 5.97 Å². The van der Waals surface area contributed by atoms with Gasteiger partial charge in [0.15, 0.2) is 0 Å². The summed E-state index contributed by atoms with van der Waals surface area (Å²) in [5.41, 5.74) is 4.36. The number of aryl methyl sites for hydroxylation is 1. The van der Waals surface area contributed by atoms with E-state index in [1.807, 2.05) is 18.2 Å². The molecule has 0 saturated heterocycles. The van der Waals surface area contributed by atoms with Crippen LogP contribution in [0, 0.1) is 17.7 Å². The molecule has 1 N–H and O–H groups in total. The Labute approximate surface area is 210 Å². The van der Waals surface area contributed by atoms with Crippen molar-refractivity contribution in [2.24, 2.45) is 11.8 Å². The first-order valence-corrected chi connectivity index (χ1v) is 13.2. The first-order valence-electron chi connectivity index (χ1n) is 13.2. The molecule has 1 saturated carbocycles. The van der Waals surface area contributed by atoms with Crippen molar-refractivity contribution in [1.29, 1.82) is 0 Å². The summed E-state index contributed by atoms with van der Waals surface area (Å²) in [6.45, 7) is 7.67. The molecule has 0 heterocycles. The second-order valence-corrected chi connectivity index (χ2v) is 10.3. The summed E-state index contributed by atoms with van der Waals surface area (Å²) >= 11 is 0. The van der Waals surface area contributed by atoms with E-state index in [-0.39, 0.29) is 24.9 Å². The molecule has 1 aliphatic rings. The molecule has 2 aromatic carbocycles. The molecule has 3 rings (SSSR count). The number of unbranched alkanes of at least 4 members (excludes halogenated alkanes) is 2. The quantitative estimate of drug-likeness (QED) is 0.193. The van der Waals surface area contributed by atoms with Crippen LogP contribution in [0.3, 0.4) is 0 Å². The predicted molar refractivity (Wildman–Crippen MR) is 141 cm³/mol. The minimum Gasteiger partial charge on any atom is -0.462 e. The highest BCUT2D eigenvalue weighted by molar-refractivity contribution is 5.86. The SMILES string of the molecule is C=C(C)C(=O)OCC(CO)CC1CCC(c2ccc(-c3ccc(CCCCC)cc3)c(F)c2)CC1. The summed E-state index contributed by atoms with van der Waals surface area (Å²) in [6, 6.07) is 14.1. The fraction of sp³-hybridized carbons (Fsp3) is 0.516. The van der Waals surface area contributed by atoms with Gasteiger partial charge in [0.1, 0.15) is 5.82 Å². The largest absolute Gasteiger partial charge is 0.462 e. The van der Waals surface area contributed by atoms with Gasteiger partial charge in [-0.05, 0) is 86.5 Å². The third kappa shape index (κ3) is 8.03. The molecule has 35 heavy (non-hydrogen) atoms. The average Bonchev–Trinajstić information content (AvgIpc) is 2.87. The number of esters is 1. The zero-order valence-corrected chi connectivity index (χ0v) is 21.4. The first-order chi connectivity index (χ1) is 16.9. The second kappa shape index (κ2) is 13.6. The van der Waals surface area contributed by atoms with Crippen LogP contribution in [0.2, 0.25) is 0 Å². The number of benzene rings is 2. The number of ether oxygens (including phenoxy) is 1. The van der Waals surface area contributed by atoms with Crippen molar-refractivity contribution >= 4 is 5.97 Å². The minimum absolute atomic E-state index is 0.00971. The van der Waals surface area contributed by atoms with Gasteiger partial charge in [-0.2, -0.15) is 0 Å². The van der Waals surface area contributed by atoms with E-state index in [4.69, 9.17) is 4.74 Å². The Hall–Kier alpha value is -2.46. The van der Waals surface area contributed by atoms with Crippen LogP contribution in [0.5, 0.6) is 0 Å². The van der Waals surface area contributed by atoms with Gasteiger partial charge in [0.05, 0.1) is 6.61 Å². The van der Waals surface area contributed by atoms with E-state index in [0.717, 1.165) is 49.7 Å². The summed E-state index contributed by atoms with van der Waals surface area (Å²) in [4.78, 5) is 11.6. The maximum absolute atomic E-state index is 15.1. The molecule has 2 aromatic rings. The van der Waals surface area contributed by atoms with Crippen LogP contribution in [-0.4, -0.2) is 24.3 Å². The predicted octanol–water partition coefficient (Wildman–Crippen LogP) is 7.62. The highest BCUT2D eigenvalue weighted by Crippen LogP contribution is 2.39. The maximum Gasteiger partial charge on any atom is 0.333 e. The third-order valence-corrected chi connectivity index (χ3v) is 7.37. The summed E-state index contributed by atoms with van der Waals surface area (Å²) in [6.07, 6.45) is 9.69. The fourth-order valence-electron chi connectivity index (χ4n) is 5.16. The number of halogens is 1. The van der Waals surface area contributed by atoms with Crippen molar-refractivity contribution < 1.29 is 19.0 Å². The van der Waals surface area contributed by atoms with E-state index in [2.05, 4.69) is 31.7 Å². The Morgan fingerprint density at radius 2 is 1.83 bits per heavy atom. The van der Waals surface area contributed by atoms with Crippen molar-refractivity contribution in [3.63, 3.8) is 0 Å². The summed E-state index contributed by atoms with van der Waals surface area (Å²) in [5.74, 6) is 0.259. The van der Waals surface area contributed by atoms with Gasteiger partial charge in [0.25, 0.3) is 0 Å². The average molecular weight is 481 g/mol. The lowest BCUT2D eigenvalue weighted by molar-refractivity contribution is -0.140. The van der Waals surface area contributed by atoms with Crippen molar-refractivity contribution in [3.05, 3.63) is 71.6 Å². The summed E-state index contributed by atoms with van der Waals surface area (Å²) in [7, 11) is 0. The molecular weight excluding hydrogens is 439 g/mol. The normalized spacial score (nSPS) is 18.7. The van der Waals surface area contributed by atoms with Crippen LogP contribution in [0.25, 0.3) is 11.1 Å². The lowest BCUT2D eigenvalue weighted by Gasteiger charge is -2.31. The van der Waals surface area contributed by atoms with Crippen molar-refractivity contribution in [2.75, 3.05) is 13.2 Å². The van der Waals surface area contributed by atoms with Gasteiger partial charge in [0, 0.05) is 23.7 Å². The molecule has 3 nitrogen and oxygen atoms in total. The standard InChI is InChI=1S/C31H41FO3/c1-4-5-6-7-23-8-14-27(15-9-23)29-17-16-28(19-30(29)32)26-12-10-24(11-13-26)18-25(20-33)21-35-31(34)22(2)3/h8-9,14-17,19,24-26,33H,2,4-7,10-13,18,20-21H2,1,3H3. The summed E-state index contributed by atoms with van der Waals surface area (Å²) < 4.78 is 20.3. The molecular formula is C31H41FO3. The fourth-order valence-corrected chi connectivity index (χ4v) is 5.16. The minimum atomic E-state index is -0.402. The molecule has 0 aliphatic heterocycles. The van der Waals surface area contributed by atoms with E-state index < -0.39 is 5.97 Å². The topological polar surface area (TPSA) is 46.5 Å². The van der Waals surface area contributed by atoms with Gasteiger partial charge in [-0.1, -0.05) is 62.7 Å². The van der Waals surface area contributed by atoms with E-state index in [0.29, 0.717) is 23.0 Å². The lowest BCUT2D eigenvalue weighted by Crippen LogP contribution is -2.23. The van der Waals surface area contributed by atoms with E-state index >= 15 is 4.39 Å². The molecule has 0 radical (unpaired) electrons. The lowest BCUT2D eigenvalue weighted by atomic mass is 9.75. The second-order valence-electron chi connectivity index (χ2n) is 10.3. The summed E-state index contributed by atoms with van der Waals surface area (Å²) in [5, 5.41) is 9.70. The number of hydrogen-bond acceptors (Lipinski definition) is 3. The Morgan fingerprint density at radius 1 is 1.11 bits per heavy atom. The van der Waals surface area contributed by atoms with Crippen LogP contribution in [0.1, 0.15) is 82.3 Å². The molecule has 1 atom stereocenters. The smallest absolute Gasteiger partial charge is 0.333 e. The first kappa shape index (κ1) is 27.1. The molecule has 0 amide bonds. The maximum atomic E-state index is 15.1. The number of aliphatic hydroxyl groups is 1. The van der Waals surface area contributed by atoms with Gasteiger partial charge in [0.2, 0.25) is 0 Å². The van der Waals surface area contributed by atoms with Crippen molar-refractivity contribution in [3.8, 4) is 11.1 Å². The van der Waals surface area contributed by atoms with Gasteiger partial charge in [-0.25, -0.2) is 9.18 Å². The van der Waals surface area contributed by atoms with Gasteiger partial charge in [-0.3, -0.25) is 0 Å². The molecule has 190 valence electrons. The molecule has 1 fully saturated rings. The van der Waals surface area contributed by atoms with Crippen LogP contribution in [0.4, 0.5) is 4.39 Å². The Kier molecular flexibility index (Phi) is 10.5. The van der Waals surface area contributed by atoms with Gasteiger partial charge < -0.3 is 9.84 Å². The van der Waals surface area contributed by atoms with Crippen LogP contribution in [-0.2, 0) is 16.0 Å². The Bertz CT molecular complexity index is 958. The van der Waals surface area contributed by atoms with E-state index in [1.54, 1.807) is 13.0 Å². The third-order valence-electron chi connectivity index (χ3n) is 7.37. The zero-order chi connectivity index (χ0) is 25.2. The molecule has 0 spiro atoms. The molecule has 0 bridgehead atoms. The number of rotatable bonds is 12. The van der Waals surface area contributed by atoms with Crippen molar-refractivity contribution in [1.82, 2.24) is 0 Å². The molecule has 1 unspecified atom stereocenters. The molecule has 0 aromatic heterocycles. The van der Waals surface area contributed by atoms with Crippen LogP contribution < -0.4 is 0 Å². The highest BCUT2D eigenvalue weighted by atomic mass is 19.1. The number of carbonyl (C=O) groups excluding carboxylic acids is 1.